The molecule has 0 amide bonds. The molecule has 0 aromatic heterocycles. The summed E-state index contributed by atoms with van der Waals surface area (Å²) in [5.74, 6) is 0.562. The Labute approximate surface area is 137 Å². The number of hydrogen-bond acceptors (Lipinski definition) is 5. The first-order chi connectivity index (χ1) is 10.6. The Hall–Kier alpha value is -2.05. The molecule has 0 radical (unpaired) electrons. The molecule has 0 heterocycles. The van der Waals surface area contributed by atoms with E-state index in [-0.39, 0.29) is 5.69 Å². The van der Waals surface area contributed by atoms with Gasteiger partial charge in [0.15, 0.2) is 0 Å². The Morgan fingerprint density at radius 3 is 2.82 bits per heavy atom. The highest BCUT2D eigenvalue weighted by Gasteiger charge is 2.15. The van der Waals surface area contributed by atoms with E-state index in [2.05, 4.69) is 9.99 Å². The molecule has 0 spiro atoms. The summed E-state index contributed by atoms with van der Waals surface area (Å²) >= 11 is 7.47. The molecule has 7 heteroatoms. The molecular weight excluding hydrogens is 324 g/mol. The van der Waals surface area contributed by atoms with Crippen molar-refractivity contribution in [2.45, 2.75) is 10.6 Å². The van der Waals surface area contributed by atoms with E-state index in [1.54, 1.807) is 18.2 Å². The Kier molecular flexibility index (Phi) is 5.80. The standard InChI is InChI=1S/C15H13ClN2O3S/c1-21-17-9-11-6-7-15(14(8-11)18(19)20)22-10-12-4-2-3-5-13(12)16/h2-9H,10H2,1H3. The predicted molar refractivity (Wildman–Crippen MR) is 88.7 cm³/mol. The van der Waals surface area contributed by atoms with E-state index in [9.17, 15) is 10.1 Å². The van der Waals surface area contributed by atoms with Gasteiger partial charge in [-0.25, -0.2) is 0 Å². The summed E-state index contributed by atoms with van der Waals surface area (Å²) in [4.78, 5) is 16.0. The van der Waals surface area contributed by atoms with Crippen LogP contribution >= 0.6 is 23.4 Å². The fourth-order valence-electron chi connectivity index (χ4n) is 1.76. The van der Waals surface area contributed by atoms with Gasteiger partial charge >= 0.3 is 0 Å². The van der Waals surface area contributed by atoms with E-state index < -0.39 is 4.92 Å². The molecule has 0 aliphatic heterocycles. The zero-order chi connectivity index (χ0) is 15.9. The minimum absolute atomic E-state index is 0.0390. The summed E-state index contributed by atoms with van der Waals surface area (Å²) in [6, 6.07) is 12.4. The molecule has 5 nitrogen and oxygen atoms in total. The molecule has 0 aliphatic carbocycles. The second-order valence-electron chi connectivity index (χ2n) is 4.28. The van der Waals surface area contributed by atoms with Gasteiger partial charge < -0.3 is 4.84 Å². The summed E-state index contributed by atoms with van der Waals surface area (Å²) < 4.78 is 0. The summed E-state index contributed by atoms with van der Waals surface area (Å²) in [6.07, 6.45) is 1.43. The van der Waals surface area contributed by atoms with Crippen molar-refractivity contribution in [3.8, 4) is 0 Å². The Morgan fingerprint density at radius 1 is 1.36 bits per heavy atom. The van der Waals surface area contributed by atoms with Crippen molar-refractivity contribution >= 4 is 35.3 Å². The third-order valence-corrected chi connectivity index (χ3v) is 4.31. The quantitative estimate of drug-likeness (QED) is 0.336. The molecule has 2 aromatic rings. The van der Waals surface area contributed by atoms with Crippen molar-refractivity contribution in [2.75, 3.05) is 7.11 Å². The lowest BCUT2D eigenvalue weighted by Gasteiger charge is -2.05. The molecule has 0 bridgehead atoms. The lowest BCUT2D eigenvalue weighted by Crippen LogP contribution is -1.94. The zero-order valence-electron chi connectivity index (χ0n) is 11.7. The predicted octanol–water partition coefficient (Wildman–Crippen LogP) is 4.52. The van der Waals surface area contributed by atoms with E-state index in [4.69, 9.17) is 11.6 Å². The second kappa shape index (κ2) is 7.82. The van der Waals surface area contributed by atoms with Gasteiger partial charge in [-0.1, -0.05) is 41.0 Å². The van der Waals surface area contributed by atoms with Gasteiger partial charge in [0.2, 0.25) is 0 Å². The molecule has 0 atom stereocenters. The van der Waals surface area contributed by atoms with E-state index in [1.807, 2.05) is 18.2 Å². The Balaban J connectivity index is 2.21. The van der Waals surface area contributed by atoms with Crippen LogP contribution in [0.4, 0.5) is 5.69 Å². The number of oxime groups is 1. The summed E-state index contributed by atoms with van der Waals surface area (Å²) in [7, 11) is 1.42. The molecule has 0 saturated carbocycles. The van der Waals surface area contributed by atoms with Gasteiger partial charge in [0.25, 0.3) is 5.69 Å². The molecule has 0 fully saturated rings. The minimum atomic E-state index is -0.404. The SMILES string of the molecule is CON=Cc1ccc(SCc2ccccc2Cl)c([N+](=O)[O-])c1. The van der Waals surface area contributed by atoms with Crippen molar-refractivity contribution in [2.24, 2.45) is 5.16 Å². The number of benzene rings is 2. The lowest BCUT2D eigenvalue weighted by molar-refractivity contribution is -0.387. The van der Waals surface area contributed by atoms with Crippen molar-refractivity contribution < 1.29 is 9.76 Å². The van der Waals surface area contributed by atoms with E-state index in [0.29, 0.717) is 21.2 Å². The fourth-order valence-corrected chi connectivity index (χ4v) is 3.05. The fraction of sp³-hybridized carbons (Fsp3) is 0.133. The number of nitrogens with zero attached hydrogens (tertiary/aromatic N) is 2. The van der Waals surface area contributed by atoms with Gasteiger partial charge in [-0.3, -0.25) is 10.1 Å². The smallest absolute Gasteiger partial charge is 0.283 e. The third kappa shape index (κ3) is 4.22. The summed E-state index contributed by atoms with van der Waals surface area (Å²) in [6.45, 7) is 0. The van der Waals surface area contributed by atoms with Crippen LogP contribution in [0.5, 0.6) is 0 Å². The van der Waals surface area contributed by atoms with Crippen LogP contribution < -0.4 is 0 Å². The molecule has 0 unspecified atom stereocenters. The van der Waals surface area contributed by atoms with Crippen LogP contribution in [0, 0.1) is 10.1 Å². The van der Waals surface area contributed by atoms with Crippen molar-refractivity contribution in [3.63, 3.8) is 0 Å². The first-order valence-electron chi connectivity index (χ1n) is 6.33. The molecule has 0 saturated heterocycles. The van der Waals surface area contributed by atoms with Gasteiger partial charge in [0.05, 0.1) is 16.0 Å². The van der Waals surface area contributed by atoms with Crippen LogP contribution in [0.1, 0.15) is 11.1 Å². The molecule has 0 aliphatic rings. The largest absolute Gasteiger partial charge is 0.399 e. The first-order valence-corrected chi connectivity index (χ1v) is 7.69. The van der Waals surface area contributed by atoms with Crippen molar-refractivity contribution in [3.05, 3.63) is 68.7 Å². The molecule has 2 rings (SSSR count). The van der Waals surface area contributed by atoms with Gasteiger partial charge in [0, 0.05) is 22.4 Å². The van der Waals surface area contributed by atoms with Gasteiger partial charge in [-0.15, -0.1) is 11.8 Å². The van der Waals surface area contributed by atoms with Crippen LogP contribution in [-0.2, 0) is 10.6 Å². The lowest BCUT2D eigenvalue weighted by atomic mass is 10.2. The minimum Gasteiger partial charge on any atom is -0.399 e. The maximum Gasteiger partial charge on any atom is 0.283 e. The highest BCUT2D eigenvalue weighted by atomic mass is 35.5. The molecule has 114 valence electrons. The van der Waals surface area contributed by atoms with E-state index in [1.165, 1.54) is 31.2 Å². The van der Waals surface area contributed by atoms with Crippen molar-refractivity contribution in [1.82, 2.24) is 0 Å². The second-order valence-corrected chi connectivity index (χ2v) is 5.71. The monoisotopic (exact) mass is 336 g/mol. The number of thioether (sulfide) groups is 1. The van der Waals surface area contributed by atoms with Crippen molar-refractivity contribution in [1.29, 1.82) is 0 Å². The van der Waals surface area contributed by atoms with Crippen LogP contribution in [0.2, 0.25) is 5.02 Å². The number of nitro groups is 1. The van der Waals surface area contributed by atoms with Crippen LogP contribution in [-0.4, -0.2) is 18.2 Å². The normalized spacial score (nSPS) is 10.8. The highest BCUT2D eigenvalue weighted by Crippen LogP contribution is 2.33. The Bertz CT molecular complexity index is 707. The highest BCUT2D eigenvalue weighted by molar-refractivity contribution is 7.98. The van der Waals surface area contributed by atoms with Crippen LogP contribution in [0.15, 0.2) is 52.5 Å². The van der Waals surface area contributed by atoms with E-state index >= 15 is 0 Å². The molecular formula is C15H13ClN2O3S. The number of hydrogen-bond donors (Lipinski definition) is 0. The topological polar surface area (TPSA) is 64.7 Å². The zero-order valence-corrected chi connectivity index (χ0v) is 13.3. The summed E-state index contributed by atoms with van der Waals surface area (Å²) in [5.41, 5.74) is 1.58. The van der Waals surface area contributed by atoms with Gasteiger partial charge in [-0.05, 0) is 17.7 Å². The average molecular weight is 337 g/mol. The molecule has 22 heavy (non-hydrogen) atoms. The number of halogens is 1. The number of nitro benzene ring substituents is 1. The maximum absolute atomic E-state index is 11.2. The third-order valence-electron chi connectivity index (χ3n) is 2.83. The van der Waals surface area contributed by atoms with Crippen LogP contribution in [0.3, 0.4) is 0 Å². The average Bonchev–Trinajstić information content (AvgIpc) is 2.52. The van der Waals surface area contributed by atoms with Crippen LogP contribution in [0.25, 0.3) is 0 Å². The van der Waals surface area contributed by atoms with Gasteiger partial charge in [0.1, 0.15) is 7.11 Å². The Morgan fingerprint density at radius 2 is 2.14 bits per heavy atom. The van der Waals surface area contributed by atoms with E-state index in [0.717, 1.165) is 5.56 Å². The first kappa shape index (κ1) is 16.3. The summed E-state index contributed by atoms with van der Waals surface area (Å²) in [5, 5.41) is 15.5. The van der Waals surface area contributed by atoms with Gasteiger partial charge in [-0.2, -0.15) is 0 Å². The number of rotatable bonds is 6. The molecule has 0 N–H and O–H groups in total. The molecule has 2 aromatic carbocycles. The maximum atomic E-state index is 11.2.